The van der Waals surface area contributed by atoms with E-state index in [0.29, 0.717) is 13.0 Å². The summed E-state index contributed by atoms with van der Waals surface area (Å²) in [5.74, 6) is -0.468. The summed E-state index contributed by atoms with van der Waals surface area (Å²) >= 11 is 0. The van der Waals surface area contributed by atoms with Crippen molar-refractivity contribution in [2.75, 3.05) is 18.9 Å². The Morgan fingerprint density at radius 2 is 2.42 bits per heavy atom. The molecule has 0 aliphatic carbocycles. The zero-order valence-corrected chi connectivity index (χ0v) is 10.2. The lowest BCUT2D eigenvalue weighted by Gasteiger charge is -2.23. The normalized spacial score (nSPS) is 18.6. The number of hydrogen-bond donors (Lipinski definition) is 2. The minimum Gasteiger partial charge on any atom is -0.394 e. The topological polar surface area (TPSA) is 123 Å². The lowest BCUT2D eigenvalue weighted by molar-refractivity contribution is -0.385. The van der Waals surface area contributed by atoms with Gasteiger partial charge in [-0.3, -0.25) is 14.9 Å². The van der Waals surface area contributed by atoms with Crippen molar-refractivity contribution in [2.24, 2.45) is 0 Å². The van der Waals surface area contributed by atoms with E-state index >= 15 is 0 Å². The van der Waals surface area contributed by atoms with E-state index in [2.05, 4.69) is 4.98 Å². The predicted molar refractivity (Wildman–Crippen MR) is 66.4 cm³/mol. The zero-order chi connectivity index (χ0) is 14.0. The van der Waals surface area contributed by atoms with Crippen LogP contribution in [0.4, 0.5) is 11.5 Å². The molecule has 1 unspecified atom stereocenters. The van der Waals surface area contributed by atoms with E-state index in [1.165, 1.54) is 4.90 Å². The first kappa shape index (κ1) is 13.2. The summed E-state index contributed by atoms with van der Waals surface area (Å²) in [4.78, 5) is 27.5. The van der Waals surface area contributed by atoms with E-state index in [1.54, 1.807) is 0 Å². The van der Waals surface area contributed by atoms with Gasteiger partial charge >= 0.3 is 0 Å². The number of pyridine rings is 1. The number of rotatable bonds is 3. The van der Waals surface area contributed by atoms with Gasteiger partial charge < -0.3 is 15.7 Å². The Kier molecular flexibility index (Phi) is 3.61. The van der Waals surface area contributed by atoms with Crippen molar-refractivity contribution < 1.29 is 14.8 Å². The molecular formula is C11H14N4O4. The minimum atomic E-state index is -0.628. The summed E-state index contributed by atoms with van der Waals surface area (Å²) in [6, 6.07) is 0.864. The second-order valence-corrected chi connectivity index (χ2v) is 4.36. The molecule has 0 spiro atoms. The third-order valence-corrected chi connectivity index (χ3v) is 3.19. The molecule has 1 aliphatic rings. The molecule has 0 saturated carbocycles. The molecule has 1 amide bonds. The summed E-state index contributed by atoms with van der Waals surface area (Å²) in [5.41, 5.74) is 5.33. The smallest absolute Gasteiger partial charge is 0.288 e. The molecule has 1 aromatic rings. The van der Waals surface area contributed by atoms with Crippen molar-refractivity contribution in [3.63, 3.8) is 0 Å². The second kappa shape index (κ2) is 5.19. The molecule has 8 nitrogen and oxygen atoms in total. The lowest BCUT2D eigenvalue weighted by atomic mass is 10.2. The van der Waals surface area contributed by atoms with Crippen molar-refractivity contribution >= 4 is 17.4 Å². The van der Waals surface area contributed by atoms with Gasteiger partial charge in [0, 0.05) is 12.6 Å². The number of aliphatic hydroxyl groups is 1. The maximum Gasteiger partial charge on any atom is 0.288 e. The third-order valence-electron chi connectivity index (χ3n) is 3.19. The number of anilines is 1. The van der Waals surface area contributed by atoms with Crippen LogP contribution in [0.15, 0.2) is 12.3 Å². The molecule has 19 heavy (non-hydrogen) atoms. The van der Waals surface area contributed by atoms with Gasteiger partial charge in [0.15, 0.2) is 0 Å². The average molecular weight is 266 g/mol. The van der Waals surface area contributed by atoms with Crippen LogP contribution in [0.25, 0.3) is 0 Å². The number of amides is 1. The number of carbonyl (C=O) groups excluding carboxylic acids is 1. The van der Waals surface area contributed by atoms with Crippen LogP contribution in [0.1, 0.15) is 23.2 Å². The van der Waals surface area contributed by atoms with Crippen LogP contribution in [0.2, 0.25) is 0 Å². The molecule has 1 atom stereocenters. The molecule has 1 aliphatic heterocycles. The Balaban J connectivity index is 2.32. The first-order valence-corrected chi connectivity index (χ1v) is 5.86. The highest BCUT2D eigenvalue weighted by Gasteiger charge is 2.30. The van der Waals surface area contributed by atoms with Gasteiger partial charge in [0.2, 0.25) is 0 Å². The van der Waals surface area contributed by atoms with Gasteiger partial charge in [-0.05, 0) is 12.8 Å². The molecule has 1 fully saturated rings. The fraction of sp³-hybridized carbons (Fsp3) is 0.455. The SMILES string of the molecule is Nc1ncc([N+](=O)[O-])cc1C(=O)N1CCCC1CO. The predicted octanol–water partition coefficient (Wildman–Crippen LogP) is 0.169. The fourth-order valence-corrected chi connectivity index (χ4v) is 2.18. The Hall–Kier alpha value is -2.22. The van der Waals surface area contributed by atoms with Crippen molar-refractivity contribution in [3.05, 3.63) is 27.9 Å². The summed E-state index contributed by atoms with van der Waals surface area (Å²) in [7, 11) is 0. The number of nitrogen functional groups attached to an aromatic ring is 1. The number of aromatic nitrogens is 1. The van der Waals surface area contributed by atoms with Gasteiger partial charge in [0.05, 0.1) is 23.1 Å². The second-order valence-electron chi connectivity index (χ2n) is 4.36. The molecule has 1 saturated heterocycles. The maximum atomic E-state index is 12.3. The van der Waals surface area contributed by atoms with Gasteiger partial charge in [0.25, 0.3) is 11.6 Å². The van der Waals surface area contributed by atoms with Crippen LogP contribution >= 0.6 is 0 Å². The van der Waals surface area contributed by atoms with E-state index < -0.39 is 10.8 Å². The number of aliphatic hydroxyl groups excluding tert-OH is 1. The van der Waals surface area contributed by atoms with Gasteiger partial charge in [-0.1, -0.05) is 0 Å². The first-order valence-electron chi connectivity index (χ1n) is 5.86. The standard InChI is InChI=1S/C11H14N4O4/c12-10-9(4-8(5-13-10)15(18)19)11(17)14-3-1-2-7(14)6-16/h4-5,7,16H,1-3,6H2,(H2,12,13). The third kappa shape index (κ3) is 2.48. The van der Waals surface area contributed by atoms with Crippen molar-refractivity contribution in [3.8, 4) is 0 Å². The quantitative estimate of drug-likeness (QED) is 0.593. The van der Waals surface area contributed by atoms with Crippen LogP contribution < -0.4 is 5.73 Å². The van der Waals surface area contributed by atoms with Gasteiger partial charge in [-0.15, -0.1) is 0 Å². The zero-order valence-electron chi connectivity index (χ0n) is 10.2. The number of nitrogens with two attached hydrogens (primary N) is 1. The maximum absolute atomic E-state index is 12.3. The molecule has 2 heterocycles. The van der Waals surface area contributed by atoms with Crippen LogP contribution in [-0.4, -0.2) is 45.0 Å². The monoisotopic (exact) mass is 266 g/mol. The van der Waals surface area contributed by atoms with Crippen LogP contribution in [-0.2, 0) is 0 Å². The fourth-order valence-electron chi connectivity index (χ4n) is 2.18. The van der Waals surface area contributed by atoms with Crippen LogP contribution in [0.5, 0.6) is 0 Å². The number of carbonyl (C=O) groups is 1. The molecule has 2 rings (SSSR count). The number of nitrogens with zero attached hydrogens (tertiary/aromatic N) is 3. The van der Waals surface area contributed by atoms with Crippen LogP contribution in [0, 0.1) is 10.1 Å². The molecule has 8 heteroatoms. The summed E-state index contributed by atoms with van der Waals surface area (Å²) in [6.07, 6.45) is 2.52. The molecule has 0 aromatic carbocycles. The summed E-state index contributed by atoms with van der Waals surface area (Å²) < 4.78 is 0. The van der Waals surface area contributed by atoms with Crippen molar-refractivity contribution in [1.29, 1.82) is 0 Å². The van der Waals surface area contributed by atoms with Gasteiger partial charge in [-0.2, -0.15) is 0 Å². The van der Waals surface area contributed by atoms with E-state index in [9.17, 15) is 20.0 Å². The highest BCUT2D eigenvalue weighted by Crippen LogP contribution is 2.23. The van der Waals surface area contributed by atoms with E-state index in [4.69, 9.17) is 5.73 Å². The van der Waals surface area contributed by atoms with Crippen LogP contribution in [0.3, 0.4) is 0 Å². The van der Waals surface area contributed by atoms with Gasteiger partial charge in [-0.25, -0.2) is 4.98 Å². The van der Waals surface area contributed by atoms with E-state index in [0.717, 1.165) is 18.7 Å². The van der Waals surface area contributed by atoms with Crippen molar-refractivity contribution in [2.45, 2.75) is 18.9 Å². The molecule has 102 valence electrons. The Bertz CT molecular complexity index is 519. The summed E-state index contributed by atoms with van der Waals surface area (Å²) in [5, 5.41) is 19.9. The highest BCUT2D eigenvalue weighted by molar-refractivity contribution is 5.99. The minimum absolute atomic E-state index is 0.00884. The molecule has 0 bridgehead atoms. The van der Waals surface area contributed by atoms with E-state index in [1.807, 2.05) is 0 Å². The largest absolute Gasteiger partial charge is 0.394 e. The number of hydrogen-bond acceptors (Lipinski definition) is 6. The average Bonchev–Trinajstić information content (AvgIpc) is 2.86. The lowest BCUT2D eigenvalue weighted by Crippen LogP contribution is -2.38. The van der Waals surface area contributed by atoms with Crippen molar-refractivity contribution in [1.82, 2.24) is 9.88 Å². The van der Waals surface area contributed by atoms with Gasteiger partial charge in [0.1, 0.15) is 12.0 Å². The summed E-state index contributed by atoms with van der Waals surface area (Å²) in [6.45, 7) is 0.375. The molecule has 1 aromatic heterocycles. The molecule has 0 radical (unpaired) electrons. The highest BCUT2D eigenvalue weighted by atomic mass is 16.6. The Labute approximate surface area is 109 Å². The molecule has 3 N–H and O–H groups in total. The number of likely N-dealkylation sites (tertiary alicyclic amines) is 1. The molecular weight excluding hydrogens is 252 g/mol. The van der Waals surface area contributed by atoms with E-state index in [-0.39, 0.29) is 29.7 Å². The Morgan fingerprint density at radius 3 is 3.05 bits per heavy atom. The Morgan fingerprint density at radius 1 is 1.68 bits per heavy atom. The first-order chi connectivity index (χ1) is 9.04. The number of nitro groups is 1.